The molecule has 0 saturated heterocycles. The summed E-state index contributed by atoms with van der Waals surface area (Å²) in [6, 6.07) is 20.5. The van der Waals surface area contributed by atoms with Gasteiger partial charge < -0.3 is 25.0 Å². The van der Waals surface area contributed by atoms with Crippen molar-refractivity contribution in [3.05, 3.63) is 95.1 Å². The largest absolute Gasteiger partial charge is 0.497 e. The maximum atomic E-state index is 14.7. The first kappa shape index (κ1) is 35.2. The molecule has 3 aromatic rings. The molecule has 0 saturated carbocycles. The van der Waals surface area contributed by atoms with E-state index in [0.29, 0.717) is 30.0 Å². The average molecular weight is 616 g/mol. The Hall–Kier alpha value is -4.33. The number of hydrogen-bond acceptors (Lipinski definition) is 5. The molecule has 0 spiro atoms. The first-order valence-electron chi connectivity index (χ1n) is 15.8. The zero-order valence-electron chi connectivity index (χ0n) is 27.8. The van der Waals surface area contributed by atoms with Gasteiger partial charge in [0, 0.05) is 18.7 Å². The number of aryl methyl sites for hydroxylation is 2. The Morgan fingerprint density at radius 3 is 2.16 bits per heavy atom. The third kappa shape index (κ3) is 11.0. The molecular weight excluding hydrogens is 566 g/mol. The number of amides is 3. The summed E-state index contributed by atoms with van der Waals surface area (Å²) < 4.78 is 10.8. The Balaban J connectivity index is 2.08. The fourth-order valence-corrected chi connectivity index (χ4v) is 5.07. The molecule has 0 aliphatic rings. The lowest BCUT2D eigenvalue weighted by Crippen LogP contribution is -2.53. The van der Waals surface area contributed by atoms with E-state index in [4.69, 9.17) is 9.47 Å². The maximum absolute atomic E-state index is 14.7. The van der Waals surface area contributed by atoms with Crippen molar-refractivity contribution in [2.45, 2.75) is 91.3 Å². The standard InChI is InChI=1S/C37H49N3O5/c1-8-9-10-14-23-40(35(42)32(25-28-15-12-11-13-16-28)39-36(43)45-37(4,5)6)33(29-18-17-26(2)27(3)24-29)34(41)38-30-19-21-31(44-7)22-20-30/h11-13,15-22,24,32-33H,8-10,14,23,25H2,1-7H3,(H,38,41)(H,39,43). The summed E-state index contributed by atoms with van der Waals surface area (Å²) in [6.07, 6.45) is 3.21. The molecular formula is C37H49N3O5. The van der Waals surface area contributed by atoms with Crippen LogP contribution in [0.2, 0.25) is 0 Å². The molecule has 8 heteroatoms. The lowest BCUT2D eigenvalue weighted by molar-refractivity contribution is -0.140. The first-order chi connectivity index (χ1) is 21.4. The van der Waals surface area contributed by atoms with E-state index >= 15 is 0 Å². The van der Waals surface area contributed by atoms with Crippen LogP contribution in [0, 0.1) is 13.8 Å². The van der Waals surface area contributed by atoms with E-state index in [0.717, 1.165) is 36.0 Å². The van der Waals surface area contributed by atoms with Gasteiger partial charge in [-0.25, -0.2) is 4.79 Å². The normalized spacial score (nSPS) is 12.5. The number of benzene rings is 3. The molecule has 3 amide bonds. The molecule has 8 nitrogen and oxygen atoms in total. The Labute approximate surface area is 268 Å². The Kier molecular flexibility index (Phi) is 13.0. The second kappa shape index (κ2) is 16.7. The highest BCUT2D eigenvalue weighted by Gasteiger charge is 2.36. The van der Waals surface area contributed by atoms with Crippen LogP contribution in [-0.4, -0.2) is 48.1 Å². The van der Waals surface area contributed by atoms with Crippen LogP contribution in [0.5, 0.6) is 5.75 Å². The van der Waals surface area contributed by atoms with Crippen LogP contribution < -0.4 is 15.4 Å². The summed E-state index contributed by atoms with van der Waals surface area (Å²) in [5, 5.41) is 5.86. The van der Waals surface area contributed by atoms with Gasteiger partial charge >= 0.3 is 6.09 Å². The molecule has 0 bridgehead atoms. The molecule has 3 aromatic carbocycles. The summed E-state index contributed by atoms with van der Waals surface area (Å²) in [7, 11) is 1.59. The van der Waals surface area contributed by atoms with Crippen molar-refractivity contribution in [3.63, 3.8) is 0 Å². The lowest BCUT2D eigenvalue weighted by atomic mass is 9.97. The summed E-state index contributed by atoms with van der Waals surface area (Å²) in [5.41, 5.74) is 3.51. The number of alkyl carbamates (subject to hydrolysis) is 1. The number of carbonyl (C=O) groups is 3. The SMILES string of the molecule is CCCCCCN(C(=O)C(Cc1ccccc1)NC(=O)OC(C)(C)C)C(C(=O)Nc1ccc(OC)cc1)c1ccc(C)c(C)c1. The molecule has 242 valence electrons. The molecule has 0 heterocycles. The highest BCUT2D eigenvalue weighted by atomic mass is 16.6. The van der Waals surface area contributed by atoms with Gasteiger partial charge in [-0.15, -0.1) is 0 Å². The second-order valence-electron chi connectivity index (χ2n) is 12.4. The third-order valence-corrected chi connectivity index (χ3v) is 7.57. The van der Waals surface area contributed by atoms with E-state index < -0.39 is 23.8 Å². The van der Waals surface area contributed by atoms with Crippen molar-refractivity contribution in [1.82, 2.24) is 10.2 Å². The number of methoxy groups -OCH3 is 1. The van der Waals surface area contributed by atoms with Gasteiger partial charge in [-0.1, -0.05) is 74.7 Å². The van der Waals surface area contributed by atoms with E-state index in [1.807, 2.05) is 62.4 Å². The van der Waals surface area contributed by atoms with Crippen LogP contribution in [0.25, 0.3) is 0 Å². The molecule has 45 heavy (non-hydrogen) atoms. The smallest absolute Gasteiger partial charge is 0.408 e. The number of carbonyl (C=O) groups excluding carboxylic acids is 3. The fraction of sp³-hybridized carbons (Fsp3) is 0.432. The molecule has 2 atom stereocenters. The summed E-state index contributed by atoms with van der Waals surface area (Å²) in [5.74, 6) is -0.0271. The zero-order chi connectivity index (χ0) is 33.0. The predicted molar refractivity (Wildman–Crippen MR) is 179 cm³/mol. The van der Waals surface area contributed by atoms with E-state index in [9.17, 15) is 14.4 Å². The first-order valence-corrected chi connectivity index (χ1v) is 15.8. The quantitative estimate of drug-likeness (QED) is 0.183. The number of nitrogens with one attached hydrogen (secondary N) is 2. The molecule has 0 aliphatic carbocycles. The number of nitrogens with zero attached hydrogens (tertiary/aromatic N) is 1. The summed E-state index contributed by atoms with van der Waals surface area (Å²) in [6.45, 7) is 11.8. The molecule has 0 radical (unpaired) electrons. The van der Waals surface area contributed by atoms with Crippen molar-refractivity contribution in [2.75, 3.05) is 19.0 Å². The second-order valence-corrected chi connectivity index (χ2v) is 12.4. The molecule has 0 aliphatic heterocycles. The topological polar surface area (TPSA) is 97.0 Å². The van der Waals surface area contributed by atoms with Crippen LogP contribution >= 0.6 is 0 Å². The van der Waals surface area contributed by atoms with Gasteiger partial charge in [0.05, 0.1) is 7.11 Å². The van der Waals surface area contributed by atoms with E-state index in [1.165, 1.54) is 0 Å². The van der Waals surface area contributed by atoms with Crippen molar-refractivity contribution in [2.24, 2.45) is 0 Å². The summed E-state index contributed by atoms with van der Waals surface area (Å²) in [4.78, 5) is 43.6. The maximum Gasteiger partial charge on any atom is 0.408 e. The Morgan fingerprint density at radius 2 is 1.56 bits per heavy atom. The molecule has 3 rings (SSSR count). The number of ether oxygens (including phenoxy) is 2. The third-order valence-electron chi connectivity index (χ3n) is 7.57. The highest BCUT2D eigenvalue weighted by molar-refractivity contribution is 5.99. The number of rotatable bonds is 14. The van der Waals surface area contributed by atoms with Crippen LogP contribution in [-0.2, 0) is 20.7 Å². The molecule has 0 aromatic heterocycles. The van der Waals surface area contributed by atoms with Gasteiger partial charge in [0.2, 0.25) is 5.91 Å². The monoisotopic (exact) mass is 615 g/mol. The lowest BCUT2D eigenvalue weighted by Gasteiger charge is -2.35. The minimum absolute atomic E-state index is 0.240. The van der Waals surface area contributed by atoms with Crippen LogP contribution in [0.15, 0.2) is 72.8 Å². The van der Waals surface area contributed by atoms with Gasteiger partial charge in [-0.05, 0) is 87.6 Å². The molecule has 2 unspecified atom stereocenters. The van der Waals surface area contributed by atoms with Gasteiger partial charge in [-0.2, -0.15) is 0 Å². The van der Waals surface area contributed by atoms with Crippen molar-refractivity contribution in [1.29, 1.82) is 0 Å². The van der Waals surface area contributed by atoms with Crippen molar-refractivity contribution in [3.8, 4) is 5.75 Å². The van der Waals surface area contributed by atoms with Gasteiger partial charge in [0.1, 0.15) is 23.4 Å². The molecule has 2 N–H and O–H groups in total. The van der Waals surface area contributed by atoms with Crippen LogP contribution in [0.1, 0.15) is 81.7 Å². The van der Waals surface area contributed by atoms with Crippen LogP contribution in [0.4, 0.5) is 10.5 Å². The van der Waals surface area contributed by atoms with Gasteiger partial charge in [-0.3, -0.25) is 9.59 Å². The Bertz CT molecular complexity index is 1400. The van der Waals surface area contributed by atoms with E-state index in [1.54, 1.807) is 57.0 Å². The van der Waals surface area contributed by atoms with E-state index in [-0.39, 0.29) is 18.2 Å². The Morgan fingerprint density at radius 1 is 0.867 bits per heavy atom. The van der Waals surface area contributed by atoms with E-state index in [2.05, 4.69) is 17.6 Å². The average Bonchev–Trinajstić information content (AvgIpc) is 2.99. The number of hydrogen-bond donors (Lipinski definition) is 2. The van der Waals surface area contributed by atoms with Gasteiger partial charge in [0.15, 0.2) is 0 Å². The van der Waals surface area contributed by atoms with Crippen LogP contribution in [0.3, 0.4) is 0 Å². The number of anilines is 1. The zero-order valence-corrected chi connectivity index (χ0v) is 27.8. The minimum atomic E-state index is -0.962. The van der Waals surface area contributed by atoms with Gasteiger partial charge in [0.25, 0.3) is 5.91 Å². The molecule has 0 fully saturated rings. The minimum Gasteiger partial charge on any atom is -0.497 e. The van der Waals surface area contributed by atoms with Crippen molar-refractivity contribution < 1.29 is 23.9 Å². The fourth-order valence-electron chi connectivity index (χ4n) is 5.07. The summed E-state index contributed by atoms with van der Waals surface area (Å²) >= 11 is 0. The number of unbranched alkanes of at least 4 members (excludes halogenated alkanes) is 3. The predicted octanol–water partition coefficient (Wildman–Crippen LogP) is 7.54. The highest BCUT2D eigenvalue weighted by Crippen LogP contribution is 2.28. The van der Waals surface area contributed by atoms with Crippen molar-refractivity contribution >= 4 is 23.6 Å².